The number of rotatable bonds is 3. The summed E-state index contributed by atoms with van der Waals surface area (Å²) in [6, 6.07) is 11.0. The Morgan fingerprint density at radius 3 is 2.84 bits per heavy atom. The molecule has 1 unspecified atom stereocenters. The predicted molar refractivity (Wildman–Crippen MR) is 125 cm³/mol. The van der Waals surface area contributed by atoms with Gasteiger partial charge in [-0.1, -0.05) is 18.1 Å². The van der Waals surface area contributed by atoms with Gasteiger partial charge < -0.3 is 26.4 Å². The van der Waals surface area contributed by atoms with Gasteiger partial charge in [0, 0.05) is 37.4 Å². The highest BCUT2D eigenvalue weighted by Crippen LogP contribution is 2.33. The third kappa shape index (κ3) is 4.55. The van der Waals surface area contributed by atoms with Crippen LogP contribution in [0.2, 0.25) is 0 Å². The van der Waals surface area contributed by atoms with E-state index in [2.05, 4.69) is 48.7 Å². The van der Waals surface area contributed by atoms with E-state index in [4.69, 9.17) is 11.5 Å². The highest BCUT2D eigenvalue weighted by molar-refractivity contribution is 5.74. The molecule has 9 nitrogen and oxygen atoms in total. The first-order valence-electron chi connectivity index (χ1n) is 10.5. The molecule has 32 heavy (non-hydrogen) atoms. The number of aromatic nitrogens is 4. The maximum absolute atomic E-state index is 10.2. The van der Waals surface area contributed by atoms with E-state index < -0.39 is 0 Å². The molecule has 1 fully saturated rings. The van der Waals surface area contributed by atoms with Gasteiger partial charge >= 0.3 is 0 Å². The van der Waals surface area contributed by atoms with E-state index in [9.17, 15) is 5.11 Å². The first-order valence-corrected chi connectivity index (χ1v) is 10.5. The number of benzene rings is 1. The van der Waals surface area contributed by atoms with E-state index in [1.165, 1.54) is 0 Å². The van der Waals surface area contributed by atoms with Crippen molar-refractivity contribution in [3.05, 3.63) is 48.4 Å². The molecule has 1 aliphatic rings. The topological polar surface area (TPSA) is 130 Å². The fraction of sp³-hybridized carbons (Fsp3) is 0.304. The summed E-state index contributed by atoms with van der Waals surface area (Å²) in [5, 5.41) is 18.6. The molecule has 0 spiro atoms. The molecule has 1 saturated heterocycles. The maximum atomic E-state index is 10.2. The fourth-order valence-electron chi connectivity index (χ4n) is 3.89. The molecule has 0 aliphatic carbocycles. The molecule has 164 valence electrons. The number of para-hydroxylation sites is 1. The molecule has 3 heterocycles. The first-order chi connectivity index (χ1) is 15.6. The second kappa shape index (κ2) is 9.49. The van der Waals surface area contributed by atoms with Crippen LogP contribution < -0.4 is 21.3 Å². The lowest BCUT2D eigenvalue weighted by Gasteiger charge is -2.31. The normalized spacial score (nSPS) is 16.2. The number of nitrogens with zero attached hydrogens (tertiary/aromatic N) is 6. The van der Waals surface area contributed by atoms with Gasteiger partial charge in [-0.05, 0) is 43.5 Å². The first kappa shape index (κ1) is 21.3. The fourth-order valence-corrected chi connectivity index (χ4v) is 3.89. The number of hydrogen-bond acceptors (Lipinski definition) is 9. The van der Waals surface area contributed by atoms with Crippen LogP contribution in [-0.4, -0.2) is 57.5 Å². The lowest BCUT2D eigenvalue weighted by molar-refractivity contribution is 0.477. The van der Waals surface area contributed by atoms with Gasteiger partial charge in [0.15, 0.2) is 5.82 Å². The van der Waals surface area contributed by atoms with Crippen molar-refractivity contribution >= 4 is 17.3 Å². The summed E-state index contributed by atoms with van der Waals surface area (Å²) in [5.41, 5.74) is 13.7. The summed E-state index contributed by atoms with van der Waals surface area (Å²) >= 11 is 0. The summed E-state index contributed by atoms with van der Waals surface area (Å²) in [6.07, 6.45) is 2.63. The summed E-state index contributed by atoms with van der Waals surface area (Å²) in [4.78, 5) is 13.3. The predicted octanol–water partition coefficient (Wildman–Crippen LogP) is 1.64. The second-order valence-electron chi connectivity index (χ2n) is 7.60. The largest absolute Gasteiger partial charge is 0.507 e. The van der Waals surface area contributed by atoms with Crippen LogP contribution in [0.5, 0.6) is 5.75 Å². The molecule has 3 aromatic rings. The van der Waals surface area contributed by atoms with Gasteiger partial charge in [-0.3, -0.25) is 0 Å². The van der Waals surface area contributed by atoms with Crippen LogP contribution in [0.3, 0.4) is 0 Å². The highest BCUT2D eigenvalue weighted by Gasteiger charge is 2.25. The molecule has 0 amide bonds. The molecule has 9 heteroatoms. The number of hydrogen-bond donors (Lipinski definition) is 3. The zero-order valence-corrected chi connectivity index (χ0v) is 17.9. The van der Waals surface area contributed by atoms with Gasteiger partial charge in [0.05, 0.1) is 17.9 Å². The Morgan fingerprint density at radius 1 is 1.19 bits per heavy atom. The van der Waals surface area contributed by atoms with Crippen molar-refractivity contribution in [3.63, 3.8) is 0 Å². The minimum atomic E-state index is 0.134. The Balaban J connectivity index is 1.59. The minimum Gasteiger partial charge on any atom is -0.507 e. The Bertz CT molecular complexity index is 1160. The Morgan fingerprint density at radius 2 is 2.03 bits per heavy atom. The third-order valence-corrected chi connectivity index (χ3v) is 5.40. The lowest BCUT2D eigenvalue weighted by atomic mass is 10.1. The number of aromatic hydroxyl groups is 1. The maximum Gasteiger partial charge on any atom is 0.206 e. The van der Waals surface area contributed by atoms with E-state index in [1.807, 2.05) is 24.3 Å². The lowest BCUT2D eigenvalue weighted by Crippen LogP contribution is -2.40. The van der Waals surface area contributed by atoms with Gasteiger partial charge in [-0.25, -0.2) is 9.97 Å². The van der Waals surface area contributed by atoms with E-state index >= 15 is 0 Å². The number of nitrogens with two attached hydrogens (primary N) is 2. The Kier molecular flexibility index (Phi) is 6.33. The third-order valence-electron chi connectivity index (χ3n) is 5.40. The number of nitrogen functional groups attached to an aromatic ring is 1. The van der Waals surface area contributed by atoms with Gasteiger partial charge in [-0.2, -0.15) is 0 Å². The van der Waals surface area contributed by atoms with Gasteiger partial charge in [-0.15, -0.1) is 10.2 Å². The standard InChI is InChI=1S/C23H26N8O/c1-16-15-30(22-9-11-26-21(27-22)8-4-10-24)12-5-13-31(16)19-14-18(28-29-23(19)25)17-6-2-3-7-20(17)32/h2-3,6-7,9,11,14,16,32H,5,10,12-13,15,24H2,1H3,(H2,25,29). The van der Waals surface area contributed by atoms with Gasteiger partial charge in [0.25, 0.3) is 0 Å². The zero-order valence-electron chi connectivity index (χ0n) is 17.9. The van der Waals surface area contributed by atoms with Crippen LogP contribution in [0.25, 0.3) is 11.3 Å². The molecule has 0 radical (unpaired) electrons. The quantitative estimate of drug-likeness (QED) is 0.531. The summed E-state index contributed by atoms with van der Waals surface area (Å²) < 4.78 is 0. The summed E-state index contributed by atoms with van der Waals surface area (Å²) in [5.74, 6) is 7.52. The van der Waals surface area contributed by atoms with Gasteiger partial charge in [0.1, 0.15) is 11.6 Å². The Hall–Kier alpha value is -3.90. The SMILES string of the molecule is CC1CN(c2ccnc(C#CCN)n2)CCCN1c1cc(-c2ccccc2O)nnc1N. The smallest absolute Gasteiger partial charge is 0.206 e. The summed E-state index contributed by atoms with van der Waals surface area (Å²) in [7, 11) is 0. The van der Waals surface area contributed by atoms with E-state index in [-0.39, 0.29) is 18.3 Å². The van der Waals surface area contributed by atoms with Crippen molar-refractivity contribution in [1.29, 1.82) is 0 Å². The van der Waals surface area contributed by atoms with Crippen LogP contribution in [0.4, 0.5) is 17.3 Å². The number of phenolic OH excluding ortho intramolecular Hbond substituents is 1. The number of phenols is 1. The average molecular weight is 431 g/mol. The average Bonchev–Trinajstić information content (AvgIpc) is 3.00. The van der Waals surface area contributed by atoms with Crippen molar-refractivity contribution < 1.29 is 5.11 Å². The van der Waals surface area contributed by atoms with Crippen molar-refractivity contribution in [2.45, 2.75) is 19.4 Å². The van der Waals surface area contributed by atoms with Crippen molar-refractivity contribution in [2.24, 2.45) is 5.73 Å². The van der Waals surface area contributed by atoms with Crippen molar-refractivity contribution in [1.82, 2.24) is 20.2 Å². The van der Waals surface area contributed by atoms with E-state index in [0.717, 1.165) is 37.6 Å². The molecular weight excluding hydrogens is 404 g/mol. The molecule has 0 bridgehead atoms. The van der Waals surface area contributed by atoms with Crippen molar-refractivity contribution in [3.8, 4) is 28.8 Å². The van der Waals surface area contributed by atoms with E-state index in [0.29, 0.717) is 22.9 Å². The Labute approximate surface area is 187 Å². The molecule has 1 aliphatic heterocycles. The van der Waals surface area contributed by atoms with E-state index in [1.54, 1.807) is 18.3 Å². The summed E-state index contributed by atoms with van der Waals surface area (Å²) in [6.45, 7) is 4.81. The minimum absolute atomic E-state index is 0.134. The number of anilines is 3. The molecule has 5 N–H and O–H groups in total. The van der Waals surface area contributed by atoms with Crippen LogP contribution in [0, 0.1) is 11.8 Å². The van der Waals surface area contributed by atoms with Crippen LogP contribution >= 0.6 is 0 Å². The molecule has 0 saturated carbocycles. The molecule has 1 aromatic carbocycles. The molecule has 4 rings (SSSR count). The monoisotopic (exact) mass is 430 g/mol. The van der Waals surface area contributed by atoms with Crippen molar-refractivity contribution in [2.75, 3.05) is 41.7 Å². The molecule has 2 aromatic heterocycles. The second-order valence-corrected chi connectivity index (χ2v) is 7.60. The highest BCUT2D eigenvalue weighted by atomic mass is 16.3. The van der Waals surface area contributed by atoms with Gasteiger partial charge in [0.2, 0.25) is 5.82 Å². The van der Waals surface area contributed by atoms with Crippen LogP contribution in [-0.2, 0) is 0 Å². The zero-order chi connectivity index (χ0) is 22.5. The molecular formula is C23H26N8O. The van der Waals surface area contributed by atoms with Crippen LogP contribution in [0.15, 0.2) is 42.6 Å². The van der Waals surface area contributed by atoms with Crippen LogP contribution in [0.1, 0.15) is 19.2 Å². The molecule has 1 atom stereocenters.